The maximum atomic E-state index is 12.8. The summed E-state index contributed by atoms with van der Waals surface area (Å²) in [6.07, 6.45) is -10.6. The first-order valence-corrected chi connectivity index (χ1v) is 8.28. The van der Waals surface area contributed by atoms with Crippen molar-refractivity contribution in [2.24, 2.45) is 0 Å². The van der Waals surface area contributed by atoms with Crippen LogP contribution in [0.4, 0.5) is 31.1 Å². The Kier molecular flexibility index (Phi) is 7.15. The van der Waals surface area contributed by atoms with Crippen molar-refractivity contribution in [2.45, 2.75) is 25.4 Å². The largest absolute Gasteiger partial charge is 0.445 e. The van der Waals surface area contributed by atoms with Crippen LogP contribution in [0.15, 0.2) is 48.5 Å². The third kappa shape index (κ3) is 7.41. The number of benzene rings is 2. The molecular formula is C20H15F6NO2. The molecule has 0 aliphatic heterocycles. The highest BCUT2D eigenvalue weighted by Gasteiger charge is 2.36. The molecule has 0 saturated heterocycles. The number of carbonyl (C=O) groups is 1. The highest BCUT2D eigenvalue weighted by molar-refractivity contribution is 5.67. The lowest BCUT2D eigenvalue weighted by Crippen LogP contribution is -2.24. The molecule has 0 heterocycles. The second-order valence-corrected chi connectivity index (χ2v) is 5.83. The zero-order valence-electron chi connectivity index (χ0n) is 14.8. The molecule has 1 N–H and O–H groups in total. The number of carbonyl (C=O) groups excluding carboxylic acids is 1. The Bertz CT molecular complexity index is 863. The quantitative estimate of drug-likeness (QED) is 0.413. The van der Waals surface area contributed by atoms with E-state index in [0.29, 0.717) is 12.1 Å². The van der Waals surface area contributed by atoms with Crippen LogP contribution in [-0.2, 0) is 23.7 Å². The topological polar surface area (TPSA) is 38.3 Å². The minimum atomic E-state index is -4.93. The summed E-state index contributed by atoms with van der Waals surface area (Å²) in [5.41, 5.74) is -2.50. The molecule has 0 spiro atoms. The van der Waals surface area contributed by atoms with Gasteiger partial charge in [0.1, 0.15) is 6.61 Å². The average molecular weight is 415 g/mol. The minimum Gasteiger partial charge on any atom is -0.445 e. The Hall–Kier alpha value is -3.15. The third-order valence-electron chi connectivity index (χ3n) is 3.55. The molecule has 3 nitrogen and oxygen atoms in total. The van der Waals surface area contributed by atoms with Gasteiger partial charge < -0.3 is 10.1 Å². The molecule has 2 aromatic rings. The van der Waals surface area contributed by atoms with Crippen LogP contribution in [0.25, 0.3) is 0 Å². The molecule has 0 aliphatic rings. The first-order valence-electron chi connectivity index (χ1n) is 8.28. The monoisotopic (exact) mass is 415 g/mol. The molecule has 1 amide bonds. The van der Waals surface area contributed by atoms with Crippen LogP contribution in [0.3, 0.4) is 0 Å². The summed E-state index contributed by atoms with van der Waals surface area (Å²) >= 11 is 0. The number of ether oxygens (including phenoxy) is 1. The summed E-state index contributed by atoms with van der Waals surface area (Å²) in [5, 5.41) is 2.39. The zero-order chi connectivity index (χ0) is 21.5. The van der Waals surface area contributed by atoms with Gasteiger partial charge in [0.05, 0.1) is 11.1 Å². The number of nitrogens with one attached hydrogen (secondary N) is 1. The van der Waals surface area contributed by atoms with E-state index < -0.39 is 35.1 Å². The van der Waals surface area contributed by atoms with E-state index in [4.69, 9.17) is 4.74 Å². The summed E-state index contributed by atoms with van der Waals surface area (Å²) < 4.78 is 81.7. The van der Waals surface area contributed by atoms with Gasteiger partial charge in [-0.25, -0.2) is 4.79 Å². The molecule has 0 aliphatic carbocycles. The van der Waals surface area contributed by atoms with Gasteiger partial charge in [-0.3, -0.25) is 0 Å². The Balaban J connectivity index is 1.91. The first-order chi connectivity index (χ1) is 13.6. The fourth-order valence-electron chi connectivity index (χ4n) is 2.19. The van der Waals surface area contributed by atoms with Crippen LogP contribution in [0, 0.1) is 11.8 Å². The van der Waals surface area contributed by atoms with Crippen LogP contribution in [0.1, 0.15) is 28.7 Å². The third-order valence-corrected chi connectivity index (χ3v) is 3.55. The van der Waals surface area contributed by atoms with Crippen molar-refractivity contribution in [3.8, 4) is 11.8 Å². The first kappa shape index (κ1) is 22.1. The predicted octanol–water partition coefficient (Wildman–Crippen LogP) is 5.39. The number of halogens is 6. The van der Waals surface area contributed by atoms with E-state index in [0.717, 1.165) is 5.56 Å². The number of rotatable bonds is 4. The molecule has 0 radical (unpaired) electrons. The highest BCUT2D eigenvalue weighted by atomic mass is 19.4. The fraction of sp³-hybridized carbons (Fsp3) is 0.250. The second kappa shape index (κ2) is 9.37. The molecule has 29 heavy (non-hydrogen) atoms. The number of alkyl carbamates (subject to hydrolysis) is 1. The SMILES string of the molecule is O=C(NCCC#Cc1cc(C(F)(F)F)cc(C(F)(F)F)c1)OCc1ccccc1. The van der Waals surface area contributed by atoms with Crippen LogP contribution in [0.5, 0.6) is 0 Å². The maximum absolute atomic E-state index is 12.8. The van der Waals surface area contributed by atoms with Gasteiger partial charge in [-0.2, -0.15) is 26.3 Å². The van der Waals surface area contributed by atoms with Crippen molar-refractivity contribution in [2.75, 3.05) is 6.54 Å². The summed E-state index contributed by atoms with van der Waals surface area (Å²) in [6.45, 7) is 0.0779. The van der Waals surface area contributed by atoms with E-state index in [9.17, 15) is 31.1 Å². The Morgan fingerprint density at radius 3 is 2.07 bits per heavy atom. The van der Waals surface area contributed by atoms with E-state index in [1.165, 1.54) is 0 Å². The Labute approximate surface area is 162 Å². The average Bonchev–Trinajstić information content (AvgIpc) is 2.65. The Morgan fingerprint density at radius 2 is 1.52 bits per heavy atom. The van der Waals surface area contributed by atoms with Crippen LogP contribution >= 0.6 is 0 Å². The molecule has 0 aromatic heterocycles. The Morgan fingerprint density at radius 1 is 0.931 bits per heavy atom. The standard InChI is InChI=1S/C20H15F6NO2/c21-19(22,23)16-10-15(11-17(12-16)20(24,25)26)8-4-5-9-27-18(28)29-13-14-6-2-1-3-7-14/h1-3,6-7,10-12H,5,9,13H2,(H,27,28). The van der Waals surface area contributed by atoms with E-state index >= 15 is 0 Å². The van der Waals surface area contributed by atoms with Crippen molar-refractivity contribution < 1.29 is 35.9 Å². The van der Waals surface area contributed by atoms with Crippen LogP contribution in [-0.4, -0.2) is 12.6 Å². The van der Waals surface area contributed by atoms with Crippen molar-refractivity contribution in [1.29, 1.82) is 0 Å². The van der Waals surface area contributed by atoms with Crippen molar-refractivity contribution in [3.63, 3.8) is 0 Å². The van der Waals surface area contributed by atoms with Gasteiger partial charge in [-0.15, -0.1) is 0 Å². The summed E-state index contributed by atoms with van der Waals surface area (Å²) in [7, 11) is 0. The van der Waals surface area contributed by atoms with Gasteiger partial charge >= 0.3 is 18.4 Å². The van der Waals surface area contributed by atoms with Crippen molar-refractivity contribution in [1.82, 2.24) is 5.32 Å². The van der Waals surface area contributed by atoms with Gasteiger partial charge in [0.2, 0.25) is 0 Å². The molecule has 2 aromatic carbocycles. The summed E-state index contributed by atoms with van der Waals surface area (Å²) in [4.78, 5) is 11.5. The summed E-state index contributed by atoms with van der Waals surface area (Å²) in [5.74, 6) is 4.69. The lowest BCUT2D eigenvalue weighted by atomic mass is 10.0. The predicted molar refractivity (Wildman–Crippen MR) is 92.6 cm³/mol. The second-order valence-electron chi connectivity index (χ2n) is 5.83. The zero-order valence-corrected chi connectivity index (χ0v) is 14.8. The number of alkyl halides is 6. The van der Waals surface area contributed by atoms with Gasteiger partial charge in [0, 0.05) is 18.5 Å². The fourth-order valence-corrected chi connectivity index (χ4v) is 2.19. The van der Waals surface area contributed by atoms with E-state index in [-0.39, 0.29) is 25.6 Å². The molecule has 9 heteroatoms. The molecule has 0 unspecified atom stereocenters. The number of amides is 1. The van der Waals surface area contributed by atoms with Gasteiger partial charge in [-0.05, 0) is 23.8 Å². The van der Waals surface area contributed by atoms with Crippen molar-refractivity contribution in [3.05, 3.63) is 70.8 Å². The molecular weight excluding hydrogens is 400 g/mol. The van der Waals surface area contributed by atoms with Crippen LogP contribution < -0.4 is 5.32 Å². The molecule has 2 rings (SSSR count). The van der Waals surface area contributed by atoms with E-state index in [1.54, 1.807) is 24.3 Å². The number of hydrogen-bond acceptors (Lipinski definition) is 2. The van der Waals surface area contributed by atoms with E-state index in [1.807, 2.05) is 6.07 Å². The van der Waals surface area contributed by atoms with Crippen molar-refractivity contribution >= 4 is 6.09 Å². The molecule has 0 fully saturated rings. The minimum absolute atomic E-state index is 0.0119. The smallest absolute Gasteiger partial charge is 0.416 e. The normalized spacial score (nSPS) is 11.4. The molecule has 0 saturated carbocycles. The summed E-state index contributed by atoms with van der Waals surface area (Å²) in [6, 6.07) is 10.0. The lowest BCUT2D eigenvalue weighted by molar-refractivity contribution is -0.143. The molecule has 0 bridgehead atoms. The molecule has 0 atom stereocenters. The lowest BCUT2D eigenvalue weighted by Gasteiger charge is -2.12. The molecule has 154 valence electrons. The number of hydrogen-bond donors (Lipinski definition) is 1. The van der Waals surface area contributed by atoms with Gasteiger partial charge in [-0.1, -0.05) is 42.2 Å². The van der Waals surface area contributed by atoms with Crippen LogP contribution in [0.2, 0.25) is 0 Å². The maximum Gasteiger partial charge on any atom is 0.416 e. The van der Waals surface area contributed by atoms with E-state index in [2.05, 4.69) is 17.2 Å². The van der Waals surface area contributed by atoms with Gasteiger partial charge in [0.15, 0.2) is 0 Å². The van der Waals surface area contributed by atoms with Gasteiger partial charge in [0.25, 0.3) is 0 Å². The highest BCUT2D eigenvalue weighted by Crippen LogP contribution is 2.36.